The number of ether oxygens (including phenoxy) is 1. The molecule has 0 aromatic carbocycles. The zero-order valence-corrected chi connectivity index (χ0v) is 10.4. The molecule has 2 aromatic rings. The molecule has 0 saturated heterocycles. The van der Waals surface area contributed by atoms with Crippen molar-refractivity contribution < 1.29 is 9.53 Å². The molecule has 5 heteroatoms. The third kappa shape index (κ3) is 2.43. The van der Waals surface area contributed by atoms with Crippen molar-refractivity contribution in [2.75, 3.05) is 0 Å². The molecule has 0 radical (unpaired) electrons. The van der Waals surface area contributed by atoms with E-state index >= 15 is 0 Å². The first-order chi connectivity index (χ1) is 7.87. The molecule has 2 rings (SSSR count). The van der Waals surface area contributed by atoms with Crippen LogP contribution in [-0.4, -0.2) is 26.3 Å². The van der Waals surface area contributed by atoms with Crippen LogP contribution in [-0.2, 0) is 0 Å². The van der Waals surface area contributed by atoms with Crippen molar-refractivity contribution in [3.05, 3.63) is 18.5 Å². The van der Waals surface area contributed by atoms with Gasteiger partial charge in [0.05, 0.1) is 17.9 Å². The Morgan fingerprint density at radius 1 is 1.35 bits per heavy atom. The van der Waals surface area contributed by atoms with E-state index in [2.05, 4.69) is 10.1 Å². The van der Waals surface area contributed by atoms with Crippen LogP contribution >= 0.6 is 0 Å². The number of carbonyl (C=O) groups is 1. The van der Waals surface area contributed by atoms with Crippen molar-refractivity contribution in [3.8, 4) is 5.88 Å². The monoisotopic (exact) mass is 233 g/mol. The second-order valence-electron chi connectivity index (χ2n) is 4.87. The maximum Gasteiger partial charge on any atom is 0.244 e. The second-order valence-corrected chi connectivity index (χ2v) is 4.87. The van der Waals surface area contributed by atoms with Gasteiger partial charge in [0.1, 0.15) is 5.60 Å². The summed E-state index contributed by atoms with van der Waals surface area (Å²) in [5.41, 5.74) is 0.399. The van der Waals surface area contributed by atoms with E-state index in [-0.39, 0.29) is 11.5 Å². The predicted molar refractivity (Wildman–Crippen MR) is 64.2 cm³/mol. The SMILES string of the molecule is CC(=O)n1ncc2cc(OC(C)(C)C)ncc21. The van der Waals surface area contributed by atoms with Crippen molar-refractivity contribution in [1.29, 1.82) is 0 Å². The van der Waals surface area contributed by atoms with Crippen LogP contribution in [0.4, 0.5) is 0 Å². The molecule has 0 atom stereocenters. The number of nitrogens with zero attached hydrogens (tertiary/aromatic N) is 3. The summed E-state index contributed by atoms with van der Waals surface area (Å²) in [5.74, 6) is 0.402. The molecule has 0 aliphatic carbocycles. The minimum absolute atomic E-state index is 0.133. The summed E-state index contributed by atoms with van der Waals surface area (Å²) < 4.78 is 6.97. The molecule has 0 aliphatic heterocycles. The zero-order chi connectivity index (χ0) is 12.6. The van der Waals surface area contributed by atoms with Gasteiger partial charge in [-0.15, -0.1) is 0 Å². The molecular weight excluding hydrogens is 218 g/mol. The highest BCUT2D eigenvalue weighted by atomic mass is 16.5. The Bertz CT molecular complexity index is 567. The van der Waals surface area contributed by atoms with Crippen LogP contribution in [0.2, 0.25) is 0 Å². The average molecular weight is 233 g/mol. The third-order valence-corrected chi connectivity index (χ3v) is 2.14. The van der Waals surface area contributed by atoms with E-state index < -0.39 is 0 Å². The summed E-state index contributed by atoms with van der Waals surface area (Å²) in [6, 6.07) is 1.78. The largest absolute Gasteiger partial charge is 0.472 e. The number of carbonyl (C=O) groups excluding carboxylic acids is 1. The summed E-state index contributed by atoms with van der Waals surface area (Å²) in [7, 11) is 0. The van der Waals surface area contributed by atoms with Crippen LogP contribution in [0.3, 0.4) is 0 Å². The highest BCUT2D eigenvalue weighted by Gasteiger charge is 2.14. The van der Waals surface area contributed by atoms with Gasteiger partial charge in [0.15, 0.2) is 0 Å². The highest BCUT2D eigenvalue weighted by Crippen LogP contribution is 2.20. The summed E-state index contributed by atoms with van der Waals surface area (Å²) in [5, 5.41) is 4.85. The standard InChI is InChI=1S/C12H15N3O2/c1-8(16)15-10-7-13-11(17-12(2,3)4)5-9(10)6-14-15/h5-7H,1-4H3. The Morgan fingerprint density at radius 3 is 2.65 bits per heavy atom. The number of aromatic nitrogens is 3. The smallest absolute Gasteiger partial charge is 0.244 e. The van der Waals surface area contributed by atoms with Crippen molar-refractivity contribution >= 4 is 16.8 Å². The highest BCUT2D eigenvalue weighted by molar-refractivity contribution is 5.89. The van der Waals surface area contributed by atoms with Gasteiger partial charge < -0.3 is 4.74 Å². The summed E-state index contributed by atoms with van der Waals surface area (Å²) >= 11 is 0. The van der Waals surface area contributed by atoms with Crippen molar-refractivity contribution in [3.63, 3.8) is 0 Å². The third-order valence-electron chi connectivity index (χ3n) is 2.14. The normalized spacial score (nSPS) is 11.8. The Balaban J connectivity index is 2.43. The number of hydrogen-bond donors (Lipinski definition) is 0. The van der Waals surface area contributed by atoms with E-state index in [0.717, 1.165) is 5.39 Å². The van der Waals surface area contributed by atoms with Crippen LogP contribution in [0.1, 0.15) is 32.5 Å². The summed E-state index contributed by atoms with van der Waals surface area (Å²) in [4.78, 5) is 15.4. The van der Waals surface area contributed by atoms with E-state index in [1.54, 1.807) is 18.5 Å². The van der Waals surface area contributed by atoms with Crippen LogP contribution in [0.15, 0.2) is 18.5 Å². The van der Waals surface area contributed by atoms with E-state index in [0.29, 0.717) is 11.4 Å². The molecule has 5 nitrogen and oxygen atoms in total. The Morgan fingerprint density at radius 2 is 2.06 bits per heavy atom. The Hall–Kier alpha value is -1.91. The molecule has 0 amide bonds. The summed E-state index contributed by atoms with van der Waals surface area (Å²) in [6.07, 6.45) is 3.23. The molecule has 0 spiro atoms. The van der Waals surface area contributed by atoms with Crippen LogP contribution < -0.4 is 4.74 Å². The lowest BCUT2D eigenvalue weighted by Crippen LogP contribution is -2.23. The molecule has 2 heterocycles. The number of fused-ring (bicyclic) bond motifs is 1. The van der Waals surface area contributed by atoms with Crippen LogP contribution in [0.25, 0.3) is 10.9 Å². The van der Waals surface area contributed by atoms with Gasteiger partial charge in [0.2, 0.25) is 11.8 Å². The van der Waals surface area contributed by atoms with Gasteiger partial charge in [0.25, 0.3) is 0 Å². The molecule has 0 fully saturated rings. The van der Waals surface area contributed by atoms with Crippen LogP contribution in [0.5, 0.6) is 5.88 Å². The van der Waals surface area contributed by atoms with E-state index in [1.165, 1.54) is 11.6 Å². The van der Waals surface area contributed by atoms with Gasteiger partial charge >= 0.3 is 0 Å². The summed E-state index contributed by atoms with van der Waals surface area (Å²) in [6.45, 7) is 7.33. The maximum atomic E-state index is 11.3. The van der Waals surface area contributed by atoms with E-state index in [9.17, 15) is 4.79 Å². The van der Waals surface area contributed by atoms with Gasteiger partial charge in [-0.25, -0.2) is 4.98 Å². The first kappa shape index (κ1) is 11.6. The minimum Gasteiger partial charge on any atom is -0.472 e. The molecule has 0 N–H and O–H groups in total. The first-order valence-corrected chi connectivity index (χ1v) is 5.40. The zero-order valence-electron chi connectivity index (χ0n) is 10.4. The molecular formula is C12H15N3O2. The molecule has 0 saturated carbocycles. The van der Waals surface area contributed by atoms with Gasteiger partial charge in [-0.3, -0.25) is 4.79 Å². The fraction of sp³-hybridized carbons (Fsp3) is 0.417. The van der Waals surface area contributed by atoms with E-state index in [4.69, 9.17) is 4.74 Å². The van der Waals surface area contributed by atoms with Gasteiger partial charge in [-0.1, -0.05) is 0 Å². The molecule has 17 heavy (non-hydrogen) atoms. The predicted octanol–water partition coefficient (Wildman–Crippen LogP) is 2.27. The minimum atomic E-state index is -0.294. The van der Waals surface area contributed by atoms with Gasteiger partial charge in [0, 0.05) is 18.4 Å². The lowest BCUT2D eigenvalue weighted by atomic mass is 10.2. The lowest BCUT2D eigenvalue weighted by molar-refractivity contribution is 0.0926. The van der Waals surface area contributed by atoms with Crippen molar-refractivity contribution in [1.82, 2.24) is 14.8 Å². The fourth-order valence-corrected chi connectivity index (χ4v) is 1.53. The molecule has 90 valence electrons. The number of pyridine rings is 1. The number of rotatable bonds is 1. The lowest BCUT2D eigenvalue weighted by Gasteiger charge is -2.20. The van der Waals surface area contributed by atoms with Gasteiger partial charge in [-0.05, 0) is 20.8 Å². The molecule has 2 aromatic heterocycles. The van der Waals surface area contributed by atoms with Gasteiger partial charge in [-0.2, -0.15) is 9.78 Å². The fourth-order valence-electron chi connectivity index (χ4n) is 1.53. The number of hydrogen-bond acceptors (Lipinski definition) is 4. The first-order valence-electron chi connectivity index (χ1n) is 5.40. The molecule has 0 bridgehead atoms. The maximum absolute atomic E-state index is 11.3. The Kier molecular flexibility index (Phi) is 2.61. The van der Waals surface area contributed by atoms with Crippen molar-refractivity contribution in [2.24, 2.45) is 0 Å². The van der Waals surface area contributed by atoms with Crippen LogP contribution in [0, 0.1) is 0 Å². The topological polar surface area (TPSA) is 57.0 Å². The van der Waals surface area contributed by atoms with E-state index in [1.807, 2.05) is 20.8 Å². The Labute approximate surface area is 99.4 Å². The average Bonchev–Trinajstić information content (AvgIpc) is 2.57. The quantitative estimate of drug-likeness (QED) is 0.758. The van der Waals surface area contributed by atoms with Crippen molar-refractivity contribution in [2.45, 2.75) is 33.3 Å². The molecule has 0 unspecified atom stereocenters. The second kappa shape index (κ2) is 3.84. The molecule has 0 aliphatic rings.